The van der Waals surface area contributed by atoms with Crippen molar-refractivity contribution in [2.24, 2.45) is 17.9 Å². The summed E-state index contributed by atoms with van der Waals surface area (Å²) >= 11 is 3.03. The lowest BCUT2D eigenvalue weighted by atomic mass is 9.97. The molecule has 47 heavy (non-hydrogen) atoms. The van der Waals surface area contributed by atoms with Crippen molar-refractivity contribution >= 4 is 41.4 Å². The zero-order valence-corrected chi connectivity index (χ0v) is 29.3. The lowest BCUT2D eigenvalue weighted by Crippen LogP contribution is -2.25. The predicted octanol–water partition coefficient (Wildman–Crippen LogP) is 6.17. The first-order chi connectivity index (χ1) is 21.6. The molecule has 1 atom stereocenters. The van der Waals surface area contributed by atoms with E-state index in [4.69, 9.17) is 9.47 Å². The first-order valence-electron chi connectivity index (χ1n) is 14.1. The molecule has 1 unspecified atom stereocenters. The molecule has 0 amide bonds. The first kappa shape index (κ1) is 37.8. The van der Waals surface area contributed by atoms with Gasteiger partial charge in [-0.2, -0.15) is 8.78 Å². The molecule has 1 N–H and O–H groups in total. The van der Waals surface area contributed by atoms with Gasteiger partial charge < -0.3 is 23.7 Å². The quantitative estimate of drug-likeness (QED) is 0.137. The van der Waals surface area contributed by atoms with Gasteiger partial charge in [0.25, 0.3) is 0 Å². The molecule has 1 aromatic heterocycles. The summed E-state index contributed by atoms with van der Waals surface area (Å²) in [5.74, 6) is -2.07. The Morgan fingerprint density at radius 3 is 1.98 bits per heavy atom. The van der Waals surface area contributed by atoms with Crippen LogP contribution in [-0.2, 0) is 52.1 Å². The van der Waals surface area contributed by atoms with Crippen LogP contribution >= 0.6 is 23.5 Å². The van der Waals surface area contributed by atoms with Gasteiger partial charge in [0.05, 0.1) is 28.6 Å². The molecule has 0 spiro atoms. The van der Waals surface area contributed by atoms with Crippen LogP contribution in [0.1, 0.15) is 63.0 Å². The highest BCUT2D eigenvalue weighted by Crippen LogP contribution is 2.64. The maximum Gasteiger partial charge on any atom is 0.404 e. The summed E-state index contributed by atoms with van der Waals surface area (Å²) in [5, 5.41) is 0. The SMILES string of the molecule is Cn1cc(-c2ccc(C(=O)OCOC(=O)C(C)(C)C)cc2)n(Cc2ccc(C(F)(F)P(=O)(O)OCOC(=O)C(C)(C)C)c(Br)c2)c1=O. The fraction of sp³-hybridized carbons (Fsp3) is 0.419. The number of carbonyl (C=O) groups excluding carboxylic acids is 3. The summed E-state index contributed by atoms with van der Waals surface area (Å²) in [5.41, 5.74) is -5.85. The normalized spacial score (nSPS) is 13.5. The van der Waals surface area contributed by atoms with Crippen molar-refractivity contribution in [1.29, 1.82) is 0 Å². The zero-order valence-electron chi connectivity index (χ0n) is 26.8. The van der Waals surface area contributed by atoms with E-state index in [1.165, 1.54) is 61.2 Å². The van der Waals surface area contributed by atoms with Crippen LogP contribution in [0, 0.1) is 10.8 Å². The average molecular weight is 746 g/mol. The minimum atomic E-state index is -5.67. The Morgan fingerprint density at radius 2 is 1.45 bits per heavy atom. The van der Waals surface area contributed by atoms with Gasteiger partial charge in [-0.25, -0.2) is 9.59 Å². The number of hydrogen-bond acceptors (Lipinski definition) is 9. The topological polar surface area (TPSA) is 152 Å². The second kappa shape index (κ2) is 14.2. The Bertz CT molecular complexity index is 1760. The molecule has 0 radical (unpaired) electrons. The Kier molecular flexibility index (Phi) is 11.4. The maximum absolute atomic E-state index is 15.2. The summed E-state index contributed by atoms with van der Waals surface area (Å²) < 4.78 is 64.4. The smallest absolute Gasteiger partial charge is 0.404 e. The highest BCUT2D eigenvalue weighted by Gasteiger charge is 2.54. The number of imidazole rings is 1. The first-order valence-corrected chi connectivity index (χ1v) is 16.5. The van der Waals surface area contributed by atoms with Crippen LogP contribution in [-0.4, -0.2) is 45.5 Å². The van der Waals surface area contributed by atoms with Crippen LogP contribution in [0.2, 0.25) is 0 Å². The monoisotopic (exact) mass is 744 g/mol. The standard InChI is InChI=1S/C31H36BrF2N2O10P/c1-29(2,3)26(38)44-17-43-25(37)21-11-9-20(10-12-21)24-16-35(7)28(40)36(24)15-19-8-13-22(23(32)14-19)31(33,34)47(41,42)46-18-45-27(39)30(4,5)6/h8-14,16H,15,17-18H2,1-7H3,(H,41,42). The van der Waals surface area contributed by atoms with Crippen LogP contribution in [0.15, 0.2) is 57.9 Å². The number of benzene rings is 2. The molecule has 0 aliphatic rings. The third-order valence-electron chi connectivity index (χ3n) is 6.63. The lowest BCUT2D eigenvalue weighted by Gasteiger charge is -2.24. The summed E-state index contributed by atoms with van der Waals surface area (Å²) in [6.07, 6.45) is 1.56. The molecule has 0 fully saturated rings. The molecule has 0 bridgehead atoms. The van der Waals surface area contributed by atoms with Gasteiger partial charge in [-0.3, -0.25) is 23.2 Å². The fourth-order valence-corrected chi connectivity index (χ4v) is 5.57. The minimum Gasteiger partial charge on any atom is -0.438 e. The molecular formula is C31H36BrF2N2O10P. The van der Waals surface area contributed by atoms with E-state index in [9.17, 15) is 28.6 Å². The van der Waals surface area contributed by atoms with E-state index >= 15 is 8.78 Å². The van der Waals surface area contributed by atoms with Crippen molar-refractivity contribution in [1.82, 2.24) is 9.13 Å². The van der Waals surface area contributed by atoms with E-state index in [2.05, 4.69) is 25.2 Å². The molecule has 16 heteroatoms. The highest BCUT2D eigenvalue weighted by molar-refractivity contribution is 9.10. The number of rotatable bonds is 11. The second-order valence-corrected chi connectivity index (χ2v) is 15.3. The van der Waals surface area contributed by atoms with Crippen LogP contribution in [0.25, 0.3) is 11.3 Å². The summed E-state index contributed by atoms with van der Waals surface area (Å²) in [6.45, 7) is 7.76. The zero-order chi connectivity index (χ0) is 35.5. The van der Waals surface area contributed by atoms with E-state index in [1.807, 2.05) is 0 Å². The number of carbonyl (C=O) groups is 3. The molecule has 0 aliphatic heterocycles. The second-order valence-electron chi connectivity index (χ2n) is 12.6. The molecule has 1 heterocycles. The predicted molar refractivity (Wildman–Crippen MR) is 169 cm³/mol. The molecule has 256 valence electrons. The van der Waals surface area contributed by atoms with Gasteiger partial charge in [-0.1, -0.05) is 40.2 Å². The van der Waals surface area contributed by atoms with Gasteiger partial charge in [0.1, 0.15) is 0 Å². The van der Waals surface area contributed by atoms with E-state index in [-0.39, 0.29) is 16.6 Å². The third kappa shape index (κ3) is 9.04. The number of aryl methyl sites for hydroxylation is 1. The molecule has 0 aliphatic carbocycles. The molecule has 3 rings (SSSR count). The van der Waals surface area contributed by atoms with E-state index in [0.717, 1.165) is 6.07 Å². The van der Waals surface area contributed by atoms with Crippen LogP contribution in [0.4, 0.5) is 8.78 Å². The van der Waals surface area contributed by atoms with Gasteiger partial charge in [-0.05, 0) is 70.9 Å². The Hall–Kier alpha value is -3.65. The number of aromatic nitrogens is 2. The summed E-state index contributed by atoms with van der Waals surface area (Å²) in [4.78, 5) is 59.2. The summed E-state index contributed by atoms with van der Waals surface area (Å²) in [6, 6.07) is 9.58. The molecule has 3 aromatic rings. The van der Waals surface area contributed by atoms with E-state index < -0.39 is 66.8 Å². The number of ether oxygens (including phenoxy) is 3. The molecular weight excluding hydrogens is 709 g/mol. The number of esters is 3. The summed E-state index contributed by atoms with van der Waals surface area (Å²) in [7, 11) is -4.14. The number of halogens is 3. The van der Waals surface area contributed by atoms with Crippen molar-refractivity contribution < 1.29 is 51.4 Å². The van der Waals surface area contributed by atoms with Crippen molar-refractivity contribution in [2.45, 2.75) is 53.8 Å². The number of hydrogen-bond donors (Lipinski definition) is 1. The van der Waals surface area contributed by atoms with E-state index in [0.29, 0.717) is 16.8 Å². The van der Waals surface area contributed by atoms with Crippen LogP contribution < -0.4 is 5.69 Å². The minimum absolute atomic E-state index is 0.0710. The Morgan fingerprint density at radius 1 is 0.894 bits per heavy atom. The van der Waals surface area contributed by atoms with Crippen LogP contribution in [0.3, 0.4) is 0 Å². The molecule has 0 saturated heterocycles. The fourth-order valence-electron chi connectivity index (χ4n) is 3.88. The van der Waals surface area contributed by atoms with E-state index in [1.54, 1.807) is 39.1 Å². The number of alkyl halides is 2. The van der Waals surface area contributed by atoms with Gasteiger partial charge in [-0.15, -0.1) is 0 Å². The highest BCUT2D eigenvalue weighted by atomic mass is 79.9. The van der Waals surface area contributed by atoms with Crippen molar-refractivity contribution in [3.05, 3.63) is 80.3 Å². The van der Waals surface area contributed by atoms with Crippen molar-refractivity contribution in [3.8, 4) is 11.3 Å². The van der Waals surface area contributed by atoms with Crippen molar-refractivity contribution in [3.63, 3.8) is 0 Å². The Balaban J connectivity index is 1.77. The van der Waals surface area contributed by atoms with Crippen LogP contribution in [0.5, 0.6) is 0 Å². The van der Waals surface area contributed by atoms with Gasteiger partial charge >= 0.3 is 36.9 Å². The van der Waals surface area contributed by atoms with Crippen molar-refractivity contribution in [2.75, 3.05) is 13.6 Å². The number of nitrogens with zero attached hydrogens (tertiary/aromatic N) is 2. The molecule has 12 nitrogen and oxygen atoms in total. The lowest BCUT2D eigenvalue weighted by molar-refractivity contribution is -0.162. The maximum atomic E-state index is 15.2. The third-order valence-corrected chi connectivity index (χ3v) is 8.69. The molecule has 0 saturated carbocycles. The van der Waals surface area contributed by atoms with Gasteiger partial charge in [0, 0.05) is 23.3 Å². The molecule has 2 aromatic carbocycles. The average Bonchev–Trinajstić information content (AvgIpc) is 3.24. The largest absolute Gasteiger partial charge is 0.438 e. The van der Waals surface area contributed by atoms with Gasteiger partial charge in [0.15, 0.2) is 0 Å². The van der Waals surface area contributed by atoms with Gasteiger partial charge in [0.2, 0.25) is 13.6 Å². The Labute approximate surface area is 278 Å².